The van der Waals surface area contributed by atoms with Gasteiger partial charge in [-0.1, -0.05) is 12.8 Å². The van der Waals surface area contributed by atoms with Crippen LogP contribution in [0.15, 0.2) is 23.1 Å². The van der Waals surface area contributed by atoms with Crippen LogP contribution in [0.5, 0.6) is 0 Å². The standard InChI is InChI=1S/C21H30F3N3O4S/c22-21(23,24)17-5-6-18(27-11-7-20(16-27)30-13-14-31-20)19(15-17)32(28,29)25-8-12-26-9-3-1-2-4-10-26/h5-6,15,25H,1-4,7-14,16H2. The van der Waals surface area contributed by atoms with Gasteiger partial charge in [-0.05, 0) is 44.1 Å². The molecule has 1 aromatic carbocycles. The van der Waals surface area contributed by atoms with Gasteiger partial charge in [-0.15, -0.1) is 0 Å². The first-order valence-corrected chi connectivity index (χ1v) is 12.6. The number of nitrogens with zero attached hydrogens (tertiary/aromatic N) is 2. The van der Waals surface area contributed by atoms with Crippen molar-refractivity contribution in [2.75, 3.05) is 57.4 Å². The van der Waals surface area contributed by atoms with Gasteiger partial charge < -0.3 is 19.3 Å². The largest absolute Gasteiger partial charge is 0.416 e. The lowest BCUT2D eigenvalue weighted by Gasteiger charge is -2.26. The lowest BCUT2D eigenvalue weighted by Crippen LogP contribution is -2.37. The molecule has 1 spiro atoms. The Morgan fingerprint density at radius 2 is 1.72 bits per heavy atom. The van der Waals surface area contributed by atoms with E-state index < -0.39 is 27.6 Å². The normalized spacial score (nSPS) is 22.5. The van der Waals surface area contributed by atoms with Crippen molar-refractivity contribution in [1.29, 1.82) is 0 Å². The second-order valence-corrected chi connectivity index (χ2v) is 10.3. The minimum absolute atomic E-state index is 0.147. The van der Waals surface area contributed by atoms with E-state index in [1.807, 2.05) is 0 Å². The van der Waals surface area contributed by atoms with E-state index in [-0.39, 0.29) is 23.7 Å². The number of rotatable bonds is 6. The molecule has 0 aromatic heterocycles. The summed E-state index contributed by atoms with van der Waals surface area (Å²) in [6.45, 7) is 4.10. The maximum atomic E-state index is 13.4. The van der Waals surface area contributed by atoms with Gasteiger partial charge in [-0.3, -0.25) is 0 Å². The Kier molecular flexibility index (Phi) is 7.02. The number of ether oxygens (including phenoxy) is 2. The van der Waals surface area contributed by atoms with Crippen molar-refractivity contribution >= 4 is 15.7 Å². The second kappa shape index (κ2) is 9.46. The molecule has 1 aromatic rings. The van der Waals surface area contributed by atoms with Crippen LogP contribution < -0.4 is 9.62 Å². The average molecular weight is 478 g/mol. The molecule has 0 atom stereocenters. The molecule has 4 rings (SSSR count). The molecule has 0 bridgehead atoms. The van der Waals surface area contributed by atoms with Crippen molar-refractivity contribution in [3.8, 4) is 0 Å². The van der Waals surface area contributed by atoms with Crippen LogP contribution in [0.4, 0.5) is 18.9 Å². The Hall–Kier alpha value is -1.40. The summed E-state index contributed by atoms with van der Waals surface area (Å²) in [6.07, 6.45) is 0.368. The van der Waals surface area contributed by atoms with Crippen LogP contribution in [0.3, 0.4) is 0 Å². The molecular weight excluding hydrogens is 447 g/mol. The average Bonchev–Trinajstić information content (AvgIpc) is 3.30. The molecule has 0 radical (unpaired) electrons. The van der Waals surface area contributed by atoms with Gasteiger partial charge in [-0.25, -0.2) is 13.1 Å². The van der Waals surface area contributed by atoms with E-state index in [1.165, 1.54) is 18.9 Å². The van der Waals surface area contributed by atoms with Gasteiger partial charge in [0.25, 0.3) is 0 Å². The predicted octanol–water partition coefficient (Wildman–Crippen LogP) is 2.81. The number of anilines is 1. The van der Waals surface area contributed by atoms with Crippen molar-refractivity contribution in [3.63, 3.8) is 0 Å². The first kappa shape index (κ1) is 23.7. The van der Waals surface area contributed by atoms with Crippen LogP contribution in [0.25, 0.3) is 0 Å². The number of alkyl halides is 3. The molecule has 1 N–H and O–H groups in total. The van der Waals surface area contributed by atoms with Crippen molar-refractivity contribution in [2.45, 2.75) is 49.0 Å². The number of sulfonamides is 1. The van der Waals surface area contributed by atoms with Crippen molar-refractivity contribution in [2.24, 2.45) is 0 Å². The summed E-state index contributed by atoms with van der Waals surface area (Å²) in [5.74, 6) is -0.816. The molecule has 3 heterocycles. The van der Waals surface area contributed by atoms with E-state index in [1.54, 1.807) is 4.90 Å². The first-order chi connectivity index (χ1) is 15.2. The third kappa shape index (κ3) is 5.39. The number of hydrogen-bond donors (Lipinski definition) is 1. The smallest absolute Gasteiger partial charge is 0.365 e. The zero-order chi connectivity index (χ0) is 22.8. The SMILES string of the molecule is O=S(=O)(NCCN1CCCCCC1)c1cc(C(F)(F)F)ccc1N1CCC2(C1)OCCO2. The van der Waals surface area contributed by atoms with E-state index >= 15 is 0 Å². The summed E-state index contributed by atoms with van der Waals surface area (Å²) in [5.41, 5.74) is -0.757. The molecule has 32 heavy (non-hydrogen) atoms. The monoisotopic (exact) mass is 477 g/mol. The maximum Gasteiger partial charge on any atom is 0.416 e. The number of nitrogens with one attached hydrogen (secondary N) is 1. The van der Waals surface area contributed by atoms with Crippen molar-refractivity contribution in [1.82, 2.24) is 9.62 Å². The van der Waals surface area contributed by atoms with Crippen molar-refractivity contribution < 1.29 is 31.1 Å². The highest BCUT2D eigenvalue weighted by Gasteiger charge is 2.44. The minimum Gasteiger partial charge on any atom is -0.365 e. The Morgan fingerprint density at radius 1 is 1.03 bits per heavy atom. The fourth-order valence-electron chi connectivity index (χ4n) is 4.64. The Labute approximate surface area is 186 Å². The lowest BCUT2D eigenvalue weighted by atomic mass is 10.2. The quantitative estimate of drug-likeness (QED) is 0.680. The van der Waals surface area contributed by atoms with Gasteiger partial charge in [0.1, 0.15) is 4.90 Å². The number of benzene rings is 1. The van der Waals surface area contributed by atoms with E-state index in [9.17, 15) is 21.6 Å². The molecule has 0 aliphatic carbocycles. The molecular formula is C21H30F3N3O4S. The zero-order valence-corrected chi connectivity index (χ0v) is 18.8. The Bertz CT molecular complexity index is 896. The van der Waals surface area contributed by atoms with Crippen LogP contribution in [0, 0.1) is 0 Å². The summed E-state index contributed by atoms with van der Waals surface area (Å²) in [7, 11) is -4.16. The zero-order valence-electron chi connectivity index (χ0n) is 18.0. The molecule has 11 heteroatoms. The highest BCUT2D eigenvalue weighted by molar-refractivity contribution is 7.89. The summed E-state index contributed by atoms with van der Waals surface area (Å²) < 4.78 is 80.2. The molecule has 0 saturated carbocycles. The van der Waals surface area contributed by atoms with Gasteiger partial charge >= 0.3 is 6.18 Å². The van der Waals surface area contributed by atoms with Gasteiger partial charge in [-0.2, -0.15) is 13.2 Å². The number of halogens is 3. The molecule has 180 valence electrons. The van der Waals surface area contributed by atoms with Gasteiger partial charge in [0.15, 0.2) is 5.79 Å². The highest BCUT2D eigenvalue weighted by atomic mass is 32.2. The molecule has 3 fully saturated rings. The summed E-state index contributed by atoms with van der Waals surface area (Å²) in [4.78, 5) is 3.56. The van der Waals surface area contributed by atoms with Gasteiger partial charge in [0, 0.05) is 26.1 Å². The summed E-state index contributed by atoms with van der Waals surface area (Å²) in [5, 5.41) is 0. The van der Waals surface area contributed by atoms with E-state index in [0.717, 1.165) is 38.1 Å². The number of hydrogen-bond acceptors (Lipinski definition) is 6. The fourth-order valence-corrected chi connectivity index (χ4v) is 5.91. The molecule has 3 aliphatic heterocycles. The third-order valence-electron chi connectivity index (χ3n) is 6.34. The van der Waals surface area contributed by atoms with E-state index in [0.29, 0.717) is 32.7 Å². The van der Waals surface area contributed by atoms with Crippen LogP contribution >= 0.6 is 0 Å². The Morgan fingerprint density at radius 3 is 2.38 bits per heavy atom. The Balaban J connectivity index is 1.54. The maximum absolute atomic E-state index is 13.4. The topological polar surface area (TPSA) is 71.1 Å². The fraction of sp³-hybridized carbons (Fsp3) is 0.714. The lowest BCUT2D eigenvalue weighted by molar-refractivity contribution is -0.138. The van der Waals surface area contributed by atoms with Crippen LogP contribution in [-0.4, -0.2) is 71.6 Å². The summed E-state index contributed by atoms with van der Waals surface area (Å²) >= 11 is 0. The molecule has 3 aliphatic rings. The molecule has 0 amide bonds. The van der Waals surface area contributed by atoms with Crippen LogP contribution in [0.1, 0.15) is 37.7 Å². The third-order valence-corrected chi connectivity index (χ3v) is 7.83. The van der Waals surface area contributed by atoms with E-state index in [4.69, 9.17) is 9.47 Å². The van der Waals surface area contributed by atoms with Gasteiger partial charge in [0.05, 0.1) is 31.0 Å². The van der Waals surface area contributed by atoms with Crippen molar-refractivity contribution in [3.05, 3.63) is 23.8 Å². The predicted molar refractivity (Wildman–Crippen MR) is 113 cm³/mol. The van der Waals surface area contributed by atoms with Crippen LogP contribution in [-0.2, 0) is 25.7 Å². The van der Waals surface area contributed by atoms with Gasteiger partial charge in [0.2, 0.25) is 10.0 Å². The second-order valence-electron chi connectivity index (χ2n) is 8.61. The molecule has 0 unspecified atom stereocenters. The first-order valence-electron chi connectivity index (χ1n) is 11.1. The molecule has 7 nitrogen and oxygen atoms in total. The summed E-state index contributed by atoms with van der Waals surface area (Å²) in [6, 6.07) is 2.89. The minimum atomic E-state index is -4.64. The molecule has 3 saturated heterocycles. The highest BCUT2D eigenvalue weighted by Crippen LogP contribution is 2.39. The van der Waals surface area contributed by atoms with E-state index in [2.05, 4.69) is 9.62 Å². The van der Waals surface area contributed by atoms with Crippen LogP contribution in [0.2, 0.25) is 0 Å². The number of likely N-dealkylation sites (tertiary alicyclic amines) is 1.